The first-order chi connectivity index (χ1) is 11.1. The Balaban J connectivity index is 1.77. The van der Waals surface area contributed by atoms with E-state index in [1.54, 1.807) is 16.4 Å². The normalized spacial score (nSPS) is 25.2. The standard InChI is InChI=1S/C16H23FN2O3S/c17-16-6-4-14(5-7-16)15-3-1-2-8-19(13-15)23(20,21)18-9-11-22-12-10-18/h4-7,15H,1-3,8-13H2. The number of rotatable bonds is 3. The molecule has 2 saturated heterocycles. The molecule has 0 bridgehead atoms. The predicted octanol–water partition coefficient (Wildman–Crippen LogP) is 1.97. The van der Waals surface area contributed by atoms with Crippen molar-refractivity contribution < 1.29 is 17.5 Å². The molecule has 23 heavy (non-hydrogen) atoms. The summed E-state index contributed by atoms with van der Waals surface area (Å²) in [6, 6.07) is 6.43. The van der Waals surface area contributed by atoms with Crippen LogP contribution in [-0.4, -0.2) is 56.4 Å². The molecule has 1 unspecified atom stereocenters. The van der Waals surface area contributed by atoms with Gasteiger partial charge in [0.1, 0.15) is 5.82 Å². The van der Waals surface area contributed by atoms with E-state index < -0.39 is 10.2 Å². The number of morpholine rings is 1. The van der Waals surface area contributed by atoms with Crippen LogP contribution in [0.5, 0.6) is 0 Å². The van der Waals surface area contributed by atoms with Gasteiger partial charge in [-0.15, -0.1) is 0 Å². The van der Waals surface area contributed by atoms with Gasteiger partial charge in [0.25, 0.3) is 10.2 Å². The van der Waals surface area contributed by atoms with Crippen LogP contribution < -0.4 is 0 Å². The van der Waals surface area contributed by atoms with Gasteiger partial charge in [0, 0.05) is 26.2 Å². The minimum atomic E-state index is -3.44. The summed E-state index contributed by atoms with van der Waals surface area (Å²) >= 11 is 0. The molecular weight excluding hydrogens is 319 g/mol. The molecule has 3 rings (SSSR count). The summed E-state index contributed by atoms with van der Waals surface area (Å²) in [5.41, 5.74) is 1.01. The van der Waals surface area contributed by atoms with E-state index in [4.69, 9.17) is 4.74 Å². The van der Waals surface area contributed by atoms with E-state index in [0.717, 1.165) is 24.8 Å². The van der Waals surface area contributed by atoms with Gasteiger partial charge in [-0.25, -0.2) is 4.39 Å². The molecule has 2 aliphatic heterocycles. The molecule has 1 aromatic carbocycles. The molecule has 0 saturated carbocycles. The molecule has 0 aliphatic carbocycles. The zero-order chi connectivity index (χ0) is 16.3. The molecule has 0 amide bonds. The lowest BCUT2D eigenvalue weighted by atomic mass is 9.95. The molecule has 0 spiro atoms. The second kappa shape index (κ2) is 7.25. The summed E-state index contributed by atoms with van der Waals surface area (Å²) in [5, 5.41) is 0. The smallest absolute Gasteiger partial charge is 0.282 e. The quantitative estimate of drug-likeness (QED) is 0.844. The number of benzene rings is 1. The van der Waals surface area contributed by atoms with Crippen molar-refractivity contribution in [3.05, 3.63) is 35.6 Å². The van der Waals surface area contributed by atoms with Gasteiger partial charge in [-0.1, -0.05) is 18.6 Å². The monoisotopic (exact) mass is 342 g/mol. The van der Waals surface area contributed by atoms with Crippen molar-refractivity contribution in [1.82, 2.24) is 8.61 Å². The Morgan fingerprint density at radius 1 is 1.00 bits per heavy atom. The average Bonchev–Trinajstić information content (AvgIpc) is 2.83. The van der Waals surface area contributed by atoms with Crippen LogP contribution in [0.2, 0.25) is 0 Å². The first-order valence-electron chi connectivity index (χ1n) is 8.16. The molecule has 0 radical (unpaired) electrons. The van der Waals surface area contributed by atoms with Gasteiger partial charge in [-0.2, -0.15) is 17.0 Å². The molecule has 1 aromatic rings. The van der Waals surface area contributed by atoms with Crippen molar-refractivity contribution in [1.29, 1.82) is 0 Å². The summed E-state index contributed by atoms with van der Waals surface area (Å²) in [6.45, 7) is 2.76. The number of hydrogen-bond donors (Lipinski definition) is 0. The molecule has 2 heterocycles. The van der Waals surface area contributed by atoms with E-state index in [1.807, 2.05) is 0 Å². The Kier molecular flexibility index (Phi) is 5.31. The summed E-state index contributed by atoms with van der Waals surface area (Å²) in [4.78, 5) is 0. The van der Waals surface area contributed by atoms with Gasteiger partial charge < -0.3 is 4.74 Å². The highest BCUT2D eigenvalue weighted by atomic mass is 32.2. The SMILES string of the molecule is O=S(=O)(N1CCOCC1)N1CCCCC(c2ccc(F)cc2)C1. The fraction of sp³-hybridized carbons (Fsp3) is 0.625. The second-order valence-electron chi connectivity index (χ2n) is 6.12. The summed E-state index contributed by atoms with van der Waals surface area (Å²) in [7, 11) is -3.44. The van der Waals surface area contributed by atoms with Gasteiger partial charge in [-0.3, -0.25) is 0 Å². The predicted molar refractivity (Wildman–Crippen MR) is 85.9 cm³/mol. The minimum Gasteiger partial charge on any atom is -0.379 e. The number of nitrogens with zero attached hydrogens (tertiary/aromatic N) is 2. The van der Waals surface area contributed by atoms with Crippen molar-refractivity contribution in [3.8, 4) is 0 Å². The summed E-state index contributed by atoms with van der Waals surface area (Å²) in [6.07, 6.45) is 2.78. The Bertz CT molecular complexity index is 615. The van der Waals surface area contributed by atoms with Gasteiger partial charge in [0.15, 0.2) is 0 Å². The van der Waals surface area contributed by atoms with Crippen molar-refractivity contribution in [3.63, 3.8) is 0 Å². The van der Waals surface area contributed by atoms with Crippen LogP contribution in [0.15, 0.2) is 24.3 Å². The zero-order valence-electron chi connectivity index (χ0n) is 13.2. The lowest BCUT2D eigenvalue weighted by Gasteiger charge is -2.32. The van der Waals surface area contributed by atoms with Crippen LogP contribution in [0.4, 0.5) is 4.39 Å². The summed E-state index contributed by atoms with van der Waals surface area (Å²) < 4.78 is 47.2. The number of hydrogen-bond acceptors (Lipinski definition) is 3. The Labute approximate surface area is 137 Å². The van der Waals surface area contributed by atoms with Crippen molar-refractivity contribution in [2.24, 2.45) is 0 Å². The molecule has 0 aromatic heterocycles. The maximum atomic E-state index is 13.1. The fourth-order valence-electron chi connectivity index (χ4n) is 3.26. The third kappa shape index (κ3) is 3.91. The topological polar surface area (TPSA) is 49.9 Å². The van der Waals surface area contributed by atoms with Crippen LogP contribution in [0.1, 0.15) is 30.7 Å². The van der Waals surface area contributed by atoms with Gasteiger partial charge >= 0.3 is 0 Å². The Morgan fingerprint density at radius 2 is 1.70 bits per heavy atom. The highest BCUT2D eigenvalue weighted by Gasteiger charge is 2.33. The minimum absolute atomic E-state index is 0.119. The Hall–Kier alpha value is -1.02. The van der Waals surface area contributed by atoms with Crippen LogP contribution in [0.25, 0.3) is 0 Å². The van der Waals surface area contributed by atoms with Gasteiger partial charge in [0.2, 0.25) is 0 Å². The zero-order valence-corrected chi connectivity index (χ0v) is 14.0. The lowest BCUT2D eigenvalue weighted by Crippen LogP contribution is -2.49. The van der Waals surface area contributed by atoms with Crippen molar-refractivity contribution in [2.45, 2.75) is 25.2 Å². The Morgan fingerprint density at radius 3 is 2.39 bits per heavy atom. The molecule has 7 heteroatoms. The summed E-state index contributed by atoms with van der Waals surface area (Å²) in [5.74, 6) is -0.144. The molecule has 128 valence electrons. The number of halogens is 1. The molecule has 5 nitrogen and oxygen atoms in total. The third-order valence-corrected chi connectivity index (χ3v) is 6.60. The third-order valence-electron chi connectivity index (χ3n) is 4.60. The molecule has 1 atom stereocenters. The van der Waals surface area contributed by atoms with E-state index in [2.05, 4.69) is 0 Å². The van der Waals surface area contributed by atoms with E-state index in [-0.39, 0.29) is 11.7 Å². The number of ether oxygens (including phenoxy) is 1. The average molecular weight is 342 g/mol. The molecule has 2 aliphatic rings. The molecule has 2 fully saturated rings. The van der Waals surface area contributed by atoms with E-state index >= 15 is 0 Å². The van der Waals surface area contributed by atoms with Gasteiger partial charge in [0.05, 0.1) is 13.2 Å². The first kappa shape index (κ1) is 16.8. The highest BCUT2D eigenvalue weighted by Crippen LogP contribution is 2.28. The lowest BCUT2D eigenvalue weighted by molar-refractivity contribution is 0.0701. The second-order valence-corrected chi connectivity index (χ2v) is 8.05. The van der Waals surface area contributed by atoms with Gasteiger partial charge in [-0.05, 0) is 36.5 Å². The van der Waals surface area contributed by atoms with E-state index in [9.17, 15) is 12.8 Å². The first-order valence-corrected chi connectivity index (χ1v) is 9.55. The van der Waals surface area contributed by atoms with Crippen LogP contribution in [-0.2, 0) is 14.9 Å². The van der Waals surface area contributed by atoms with Crippen molar-refractivity contribution >= 4 is 10.2 Å². The molecular formula is C16H23FN2O3S. The largest absolute Gasteiger partial charge is 0.379 e. The van der Waals surface area contributed by atoms with E-state index in [0.29, 0.717) is 39.4 Å². The van der Waals surface area contributed by atoms with Crippen LogP contribution in [0, 0.1) is 5.82 Å². The van der Waals surface area contributed by atoms with E-state index in [1.165, 1.54) is 16.4 Å². The maximum absolute atomic E-state index is 13.1. The fourth-order valence-corrected chi connectivity index (χ4v) is 4.93. The maximum Gasteiger partial charge on any atom is 0.282 e. The van der Waals surface area contributed by atoms with Crippen molar-refractivity contribution in [2.75, 3.05) is 39.4 Å². The highest BCUT2D eigenvalue weighted by molar-refractivity contribution is 7.86. The van der Waals surface area contributed by atoms with Crippen LogP contribution in [0.3, 0.4) is 0 Å². The molecule has 0 N–H and O–H groups in total. The van der Waals surface area contributed by atoms with Crippen LogP contribution >= 0.6 is 0 Å².